The molecule has 1 aliphatic rings. The number of thiocarbonyl (C=S) groups is 1. The molecule has 6 heteroatoms. The summed E-state index contributed by atoms with van der Waals surface area (Å²) in [6, 6.07) is 11.5. The van der Waals surface area contributed by atoms with Crippen LogP contribution in [0.5, 0.6) is 5.75 Å². The van der Waals surface area contributed by atoms with E-state index in [1.165, 1.54) is 0 Å². The maximum atomic E-state index is 6.34. The monoisotopic (exact) mass is 394 g/mol. The molecule has 2 aromatic rings. The molecule has 0 bridgehead atoms. The number of nitrogens with zero attached hydrogens (tertiary/aromatic N) is 1. The standard InChI is InChI=1S/C16H12BrClN2OS/c1-21-14-7-13-10(6-11(14)17)16(19-8-15(22)20-13)9-4-2-3-5-12(9)18/h2-7H,8H2,1H3,(H,20,22). The number of methoxy groups -OCH3 is 1. The van der Waals surface area contributed by atoms with Crippen LogP contribution in [-0.2, 0) is 0 Å². The molecule has 0 aliphatic carbocycles. The Bertz CT molecular complexity index is 792. The van der Waals surface area contributed by atoms with Crippen molar-refractivity contribution >= 4 is 56.1 Å². The molecule has 3 rings (SSSR count). The van der Waals surface area contributed by atoms with Crippen molar-refractivity contribution in [3.63, 3.8) is 0 Å². The van der Waals surface area contributed by atoms with Crippen molar-refractivity contribution in [2.24, 2.45) is 4.99 Å². The first-order valence-corrected chi connectivity index (χ1v) is 8.15. The summed E-state index contributed by atoms with van der Waals surface area (Å²) < 4.78 is 6.21. The molecule has 0 saturated heterocycles. The molecule has 112 valence electrons. The number of fused-ring (bicyclic) bond motifs is 1. The lowest BCUT2D eigenvalue weighted by Gasteiger charge is -2.14. The first-order chi connectivity index (χ1) is 10.6. The first kappa shape index (κ1) is 15.5. The molecule has 1 aliphatic heterocycles. The van der Waals surface area contributed by atoms with Gasteiger partial charge in [0.15, 0.2) is 0 Å². The summed E-state index contributed by atoms with van der Waals surface area (Å²) >= 11 is 15.2. The minimum absolute atomic E-state index is 0.421. The van der Waals surface area contributed by atoms with Gasteiger partial charge in [0.1, 0.15) is 10.7 Å². The van der Waals surface area contributed by atoms with Crippen molar-refractivity contribution in [3.8, 4) is 5.75 Å². The van der Waals surface area contributed by atoms with Crippen molar-refractivity contribution in [2.75, 3.05) is 19.0 Å². The van der Waals surface area contributed by atoms with Gasteiger partial charge in [-0.25, -0.2) is 0 Å². The topological polar surface area (TPSA) is 33.6 Å². The van der Waals surface area contributed by atoms with Gasteiger partial charge in [-0.3, -0.25) is 4.99 Å². The third-order valence-corrected chi connectivity index (χ3v) is 4.51. The van der Waals surface area contributed by atoms with Gasteiger partial charge in [-0.05, 0) is 28.1 Å². The zero-order chi connectivity index (χ0) is 15.7. The number of hydrogen-bond acceptors (Lipinski definition) is 3. The lowest BCUT2D eigenvalue weighted by Crippen LogP contribution is -2.11. The highest BCUT2D eigenvalue weighted by molar-refractivity contribution is 9.10. The maximum Gasteiger partial charge on any atom is 0.135 e. The number of benzene rings is 2. The molecule has 0 aromatic heterocycles. The van der Waals surface area contributed by atoms with Crippen LogP contribution in [0.4, 0.5) is 5.69 Å². The normalized spacial score (nSPS) is 13.8. The highest BCUT2D eigenvalue weighted by Crippen LogP contribution is 2.35. The molecular formula is C16H12BrClN2OS. The summed E-state index contributed by atoms with van der Waals surface area (Å²) in [5.41, 5.74) is 3.49. The lowest BCUT2D eigenvalue weighted by atomic mass is 10.0. The molecule has 2 aromatic carbocycles. The van der Waals surface area contributed by atoms with Crippen LogP contribution in [0, 0.1) is 0 Å². The molecule has 0 saturated carbocycles. The van der Waals surface area contributed by atoms with Crippen molar-refractivity contribution in [3.05, 3.63) is 57.0 Å². The van der Waals surface area contributed by atoms with E-state index in [-0.39, 0.29) is 0 Å². The number of halogens is 2. The molecule has 0 unspecified atom stereocenters. The SMILES string of the molecule is COc1cc2c(cc1Br)C(c1ccccc1Cl)=NCC(=S)N2. The highest BCUT2D eigenvalue weighted by atomic mass is 79.9. The second-order valence-corrected chi connectivity index (χ2v) is 6.48. The molecule has 1 heterocycles. The van der Waals surface area contributed by atoms with Gasteiger partial charge >= 0.3 is 0 Å². The van der Waals surface area contributed by atoms with Gasteiger partial charge in [-0.2, -0.15) is 0 Å². The van der Waals surface area contributed by atoms with Gasteiger partial charge < -0.3 is 10.1 Å². The molecule has 0 atom stereocenters. The molecule has 0 radical (unpaired) electrons. The Hall–Kier alpha value is -1.43. The predicted octanol–water partition coefficient (Wildman–Crippen LogP) is 4.70. The van der Waals surface area contributed by atoms with Crippen LogP contribution in [0.15, 0.2) is 45.9 Å². The van der Waals surface area contributed by atoms with E-state index in [0.717, 1.165) is 32.7 Å². The van der Waals surface area contributed by atoms with Crippen LogP contribution in [-0.4, -0.2) is 24.4 Å². The average Bonchev–Trinajstić information content (AvgIpc) is 2.65. The third kappa shape index (κ3) is 2.89. The van der Waals surface area contributed by atoms with Crippen molar-refractivity contribution in [2.45, 2.75) is 0 Å². The molecule has 0 amide bonds. The fourth-order valence-electron chi connectivity index (χ4n) is 2.32. The number of nitrogens with one attached hydrogen (secondary N) is 1. The van der Waals surface area contributed by atoms with E-state index < -0.39 is 0 Å². The number of aliphatic imine (C=N–C) groups is 1. The average molecular weight is 396 g/mol. The zero-order valence-electron chi connectivity index (χ0n) is 11.7. The lowest BCUT2D eigenvalue weighted by molar-refractivity contribution is 0.412. The Kier molecular flexibility index (Phi) is 4.47. The molecule has 22 heavy (non-hydrogen) atoms. The largest absolute Gasteiger partial charge is 0.495 e. The van der Waals surface area contributed by atoms with Gasteiger partial charge in [-0.1, -0.05) is 42.0 Å². The number of rotatable bonds is 2. The Morgan fingerprint density at radius 2 is 2.05 bits per heavy atom. The van der Waals surface area contributed by atoms with Crippen LogP contribution >= 0.6 is 39.7 Å². The Morgan fingerprint density at radius 1 is 1.27 bits per heavy atom. The van der Waals surface area contributed by atoms with Gasteiger partial charge in [0.25, 0.3) is 0 Å². The predicted molar refractivity (Wildman–Crippen MR) is 98.9 cm³/mol. The fraction of sp³-hybridized carbons (Fsp3) is 0.125. The number of ether oxygens (including phenoxy) is 1. The van der Waals surface area contributed by atoms with Crippen LogP contribution in [0.3, 0.4) is 0 Å². The van der Waals surface area contributed by atoms with Crippen LogP contribution in [0.2, 0.25) is 5.02 Å². The Balaban J connectivity index is 2.23. The minimum Gasteiger partial charge on any atom is -0.495 e. The van der Waals surface area contributed by atoms with Gasteiger partial charge in [-0.15, -0.1) is 0 Å². The van der Waals surface area contributed by atoms with E-state index >= 15 is 0 Å². The summed E-state index contributed by atoms with van der Waals surface area (Å²) in [4.78, 5) is 5.30. The first-order valence-electron chi connectivity index (χ1n) is 6.57. The summed E-state index contributed by atoms with van der Waals surface area (Å²) in [5.74, 6) is 0.731. The quantitative estimate of drug-likeness (QED) is 0.748. The van der Waals surface area contributed by atoms with E-state index in [4.69, 9.17) is 28.6 Å². The second kappa shape index (κ2) is 6.36. The molecule has 0 spiro atoms. The third-order valence-electron chi connectivity index (χ3n) is 3.33. The van der Waals surface area contributed by atoms with Crippen molar-refractivity contribution in [1.82, 2.24) is 0 Å². The summed E-state index contributed by atoms with van der Waals surface area (Å²) in [5, 5.41) is 3.88. The van der Waals surface area contributed by atoms with Crippen molar-refractivity contribution in [1.29, 1.82) is 0 Å². The smallest absolute Gasteiger partial charge is 0.135 e. The Labute approximate surface area is 147 Å². The van der Waals surface area contributed by atoms with Crippen LogP contribution in [0.1, 0.15) is 11.1 Å². The number of benzodiazepines with no additional fused rings is 1. The highest BCUT2D eigenvalue weighted by Gasteiger charge is 2.20. The second-order valence-electron chi connectivity index (χ2n) is 4.73. The van der Waals surface area contributed by atoms with Crippen LogP contribution < -0.4 is 10.1 Å². The van der Waals surface area contributed by atoms with Crippen molar-refractivity contribution < 1.29 is 4.74 Å². The number of anilines is 1. The maximum absolute atomic E-state index is 6.34. The van der Waals surface area contributed by atoms with Gasteiger partial charge in [0, 0.05) is 22.2 Å². The summed E-state index contributed by atoms with van der Waals surface area (Å²) in [7, 11) is 1.63. The molecular weight excluding hydrogens is 384 g/mol. The zero-order valence-corrected chi connectivity index (χ0v) is 14.8. The number of hydrogen-bond donors (Lipinski definition) is 1. The van der Waals surface area contributed by atoms with E-state index in [0.29, 0.717) is 16.6 Å². The van der Waals surface area contributed by atoms with Crippen LogP contribution in [0.25, 0.3) is 0 Å². The van der Waals surface area contributed by atoms with Gasteiger partial charge in [0.05, 0.1) is 29.5 Å². The molecule has 3 nitrogen and oxygen atoms in total. The summed E-state index contributed by atoms with van der Waals surface area (Å²) in [6.45, 7) is 0.421. The van der Waals surface area contributed by atoms with E-state index in [2.05, 4.69) is 26.2 Å². The van der Waals surface area contributed by atoms with E-state index in [1.807, 2.05) is 36.4 Å². The Morgan fingerprint density at radius 3 is 2.77 bits per heavy atom. The molecule has 1 N–H and O–H groups in total. The van der Waals surface area contributed by atoms with E-state index in [1.54, 1.807) is 7.11 Å². The summed E-state index contributed by atoms with van der Waals surface area (Å²) in [6.07, 6.45) is 0. The fourth-order valence-corrected chi connectivity index (χ4v) is 3.22. The van der Waals surface area contributed by atoms with Gasteiger partial charge in [0.2, 0.25) is 0 Å². The molecule has 0 fully saturated rings. The minimum atomic E-state index is 0.421. The van der Waals surface area contributed by atoms with E-state index in [9.17, 15) is 0 Å².